The van der Waals surface area contributed by atoms with Crippen molar-refractivity contribution in [1.82, 2.24) is 4.72 Å². The van der Waals surface area contributed by atoms with E-state index in [0.29, 0.717) is 11.4 Å². The van der Waals surface area contributed by atoms with Crippen LogP contribution in [-0.4, -0.2) is 26.8 Å². The van der Waals surface area contributed by atoms with Crippen LogP contribution in [0.4, 0.5) is 11.4 Å². The number of aryl methyl sites for hydroxylation is 1. The highest BCUT2D eigenvalue weighted by Gasteiger charge is 2.14. The summed E-state index contributed by atoms with van der Waals surface area (Å²) in [5.41, 5.74) is 1.95. The first-order chi connectivity index (χ1) is 12.7. The Morgan fingerprint density at radius 1 is 1.04 bits per heavy atom. The molecule has 144 valence electrons. The van der Waals surface area contributed by atoms with E-state index in [1.807, 2.05) is 6.92 Å². The highest BCUT2D eigenvalue weighted by Crippen LogP contribution is 2.20. The molecule has 0 unspecified atom stereocenters. The van der Waals surface area contributed by atoms with Crippen LogP contribution in [0.25, 0.3) is 0 Å². The fourth-order valence-corrected chi connectivity index (χ4v) is 3.54. The number of rotatable bonds is 7. The molecular weight excluding hydrogens is 434 g/mol. The van der Waals surface area contributed by atoms with Crippen molar-refractivity contribution >= 4 is 49.1 Å². The first-order valence-corrected chi connectivity index (χ1v) is 10.4. The summed E-state index contributed by atoms with van der Waals surface area (Å²) in [5, 5.41) is 5.37. The number of hydrogen-bond donors (Lipinski definition) is 3. The van der Waals surface area contributed by atoms with E-state index in [9.17, 15) is 18.0 Å². The van der Waals surface area contributed by atoms with E-state index in [1.54, 1.807) is 30.3 Å². The zero-order valence-corrected chi connectivity index (χ0v) is 17.3. The van der Waals surface area contributed by atoms with Gasteiger partial charge in [0, 0.05) is 35.7 Å². The number of amides is 2. The van der Waals surface area contributed by atoms with Crippen LogP contribution < -0.4 is 15.4 Å². The molecule has 2 aromatic rings. The molecule has 7 nitrogen and oxygen atoms in total. The van der Waals surface area contributed by atoms with Crippen LogP contribution in [0, 0.1) is 6.92 Å². The van der Waals surface area contributed by atoms with Crippen LogP contribution in [0.3, 0.4) is 0 Å². The van der Waals surface area contributed by atoms with Crippen molar-refractivity contribution in [2.24, 2.45) is 0 Å². The molecular formula is C18H20BrN3O4S. The maximum atomic E-state index is 12.2. The minimum atomic E-state index is -3.67. The minimum Gasteiger partial charge on any atom is -0.326 e. The van der Waals surface area contributed by atoms with E-state index in [1.165, 1.54) is 19.1 Å². The fraction of sp³-hybridized carbons (Fsp3) is 0.222. The molecule has 0 bridgehead atoms. The van der Waals surface area contributed by atoms with Crippen molar-refractivity contribution < 1.29 is 18.0 Å². The molecule has 0 aliphatic carbocycles. The Morgan fingerprint density at radius 2 is 1.70 bits per heavy atom. The van der Waals surface area contributed by atoms with Gasteiger partial charge in [0.25, 0.3) is 0 Å². The van der Waals surface area contributed by atoms with Gasteiger partial charge in [0.05, 0.1) is 4.90 Å². The lowest BCUT2D eigenvalue weighted by atomic mass is 10.1. The van der Waals surface area contributed by atoms with Crippen LogP contribution in [0.5, 0.6) is 0 Å². The summed E-state index contributed by atoms with van der Waals surface area (Å²) in [7, 11) is -3.67. The summed E-state index contributed by atoms with van der Waals surface area (Å²) in [4.78, 5) is 23.4. The number of sulfonamides is 1. The zero-order chi connectivity index (χ0) is 20.0. The molecule has 0 aliphatic rings. The summed E-state index contributed by atoms with van der Waals surface area (Å²) in [6.45, 7) is 3.19. The molecule has 0 fully saturated rings. The summed E-state index contributed by atoms with van der Waals surface area (Å²) in [6.07, 6.45) is -0.0282. The topological polar surface area (TPSA) is 104 Å². The molecule has 0 spiro atoms. The first-order valence-electron chi connectivity index (χ1n) is 8.11. The molecule has 0 aromatic heterocycles. The lowest BCUT2D eigenvalue weighted by molar-refractivity contribution is -0.116. The number of hydrogen-bond acceptors (Lipinski definition) is 4. The fourth-order valence-electron chi connectivity index (χ4n) is 2.25. The number of halogens is 1. The van der Waals surface area contributed by atoms with E-state index < -0.39 is 10.0 Å². The Hall–Kier alpha value is -2.23. The van der Waals surface area contributed by atoms with Gasteiger partial charge in [-0.3, -0.25) is 9.59 Å². The van der Waals surface area contributed by atoms with Crippen LogP contribution in [0.1, 0.15) is 18.9 Å². The van der Waals surface area contributed by atoms with Gasteiger partial charge in [0.2, 0.25) is 21.8 Å². The summed E-state index contributed by atoms with van der Waals surface area (Å²) in [6, 6.07) is 11.4. The number of benzene rings is 2. The van der Waals surface area contributed by atoms with Gasteiger partial charge in [0.15, 0.2) is 0 Å². The van der Waals surface area contributed by atoms with E-state index in [4.69, 9.17) is 0 Å². The Bertz CT molecular complexity index is 944. The third-order valence-electron chi connectivity index (χ3n) is 3.60. The minimum absolute atomic E-state index is 0.0282. The summed E-state index contributed by atoms with van der Waals surface area (Å²) < 4.78 is 27.6. The predicted octanol–water partition coefficient (Wildman–Crippen LogP) is 3.02. The van der Waals surface area contributed by atoms with Crippen molar-refractivity contribution in [2.75, 3.05) is 17.2 Å². The molecule has 2 aromatic carbocycles. The van der Waals surface area contributed by atoms with Crippen molar-refractivity contribution in [3.05, 3.63) is 52.5 Å². The van der Waals surface area contributed by atoms with Gasteiger partial charge in [-0.05, 0) is 48.9 Å². The molecule has 9 heteroatoms. The number of anilines is 2. The molecule has 0 saturated carbocycles. The molecule has 2 rings (SSSR count). The molecule has 0 saturated heterocycles. The van der Waals surface area contributed by atoms with Crippen molar-refractivity contribution in [2.45, 2.75) is 25.2 Å². The summed E-state index contributed by atoms with van der Waals surface area (Å²) >= 11 is 3.25. The van der Waals surface area contributed by atoms with E-state index in [0.717, 1.165) is 10.0 Å². The number of carbonyl (C=O) groups is 2. The molecule has 3 N–H and O–H groups in total. The Balaban J connectivity index is 1.93. The van der Waals surface area contributed by atoms with Crippen LogP contribution in [0.2, 0.25) is 0 Å². The lowest BCUT2D eigenvalue weighted by Crippen LogP contribution is -2.28. The third kappa shape index (κ3) is 6.46. The second kappa shape index (κ2) is 9.12. The Labute approximate surface area is 166 Å². The largest absolute Gasteiger partial charge is 0.326 e. The van der Waals surface area contributed by atoms with Crippen molar-refractivity contribution in [3.63, 3.8) is 0 Å². The highest BCUT2D eigenvalue weighted by molar-refractivity contribution is 9.10. The van der Waals surface area contributed by atoms with E-state index in [2.05, 4.69) is 31.3 Å². The van der Waals surface area contributed by atoms with Crippen LogP contribution in [0.15, 0.2) is 51.8 Å². The normalized spacial score (nSPS) is 11.1. The van der Waals surface area contributed by atoms with Gasteiger partial charge in [0.1, 0.15) is 0 Å². The molecule has 0 radical (unpaired) electrons. The second-order valence-electron chi connectivity index (χ2n) is 5.86. The van der Waals surface area contributed by atoms with Gasteiger partial charge in [-0.1, -0.05) is 22.0 Å². The standard InChI is InChI=1S/C18H20BrN3O4S/c1-12-3-6-15(21-13(2)23)11-17(12)22-18(24)9-10-20-27(25,26)16-7-4-14(19)5-8-16/h3-8,11,20H,9-10H2,1-2H3,(H,21,23)(H,22,24). The van der Waals surface area contributed by atoms with Gasteiger partial charge in [-0.25, -0.2) is 13.1 Å². The Kier molecular flexibility index (Phi) is 7.11. The van der Waals surface area contributed by atoms with Gasteiger partial charge >= 0.3 is 0 Å². The van der Waals surface area contributed by atoms with Gasteiger partial charge < -0.3 is 10.6 Å². The second-order valence-corrected chi connectivity index (χ2v) is 8.54. The first kappa shape index (κ1) is 21.1. The maximum Gasteiger partial charge on any atom is 0.240 e. The smallest absolute Gasteiger partial charge is 0.240 e. The average molecular weight is 454 g/mol. The third-order valence-corrected chi connectivity index (χ3v) is 5.61. The lowest BCUT2D eigenvalue weighted by Gasteiger charge is -2.11. The predicted molar refractivity (Wildman–Crippen MR) is 108 cm³/mol. The zero-order valence-electron chi connectivity index (χ0n) is 14.9. The highest BCUT2D eigenvalue weighted by atomic mass is 79.9. The van der Waals surface area contributed by atoms with Crippen LogP contribution >= 0.6 is 15.9 Å². The average Bonchev–Trinajstić information content (AvgIpc) is 2.57. The van der Waals surface area contributed by atoms with E-state index in [-0.39, 0.29) is 29.7 Å². The quantitative estimate of drug-likeness (QED) is 0.598. The molecule has 0 aliphatic heterocycles. The van der Waals surface area contributed by atoms with Crippen LogP contribution in [-0.2, 0) is 19.6 Å². The molecule has 0 atom stereocenters. The number of nitrogens with one attached hydrogen (secondary N) is 3. The molecule has 2 amide bonds. The van der Waals surface area contributed by atoms with Crippen molar-refractivity contribution in [1.29, 1.82) is 0 Å². The van der Waals surface area contributed by atoms with Crippen molar-refractivity contribution in [3.8, 4) is 0 Å². The summed E-state index contributed by atoms with van der Waals surface area (Å²) in [5.74, 6) is -0.546. The number of carbonyl (C=O) groups excluding carboxylic acids is 2. The van der Waals surface area contributed by atoms with Gasteiger partial charge in [-0.2, -0.15) is 0 Å². The Morgan fingerprint density at radius 3 is 2.33 bits per heavy atom. The SMILES string of the molecule is CC(=O)Nc1ccc(C)c(NC(=O)CCNS(=O)(=O)c2ccc(Br)cc2)c1. The maximum absolute atomic E-state index is 12.2. The molecule has 0 heterocycles. The monoisotopic (exact) mass is 453 g/mol. The molecule has 27 heavy (non-hydrogen) atoms. The van der Waals surface area contributed by atoms with E-state index >= 15 is 0 Å². The van der Waals surface area contributed by atoms with Gasteiger partial charge in [-0.15, -0.1) is 0 Å².